The zero-order valence-corrected chi connectivity index (χ0v) is 8.30. The first-order chi connectivity index (χ1) is 6.61. The summed E-state index contributed by atoms with van der Waals surface area (Å²) in [5.41, 5.74) is 2.40. The molecule has 0 amide bonds. The van der Waals surface area contributed by atoms with Crippen LogP contribution in [0.4, 0.5) is 4.39 Å². The van der Waals surface area contributed by atoms with Crippen molar-refractivity contribution in [1.82, 2.24) is 0 Å². The maximum Gasteiger partial charge on any atom is 0.165 e. The van der Waals surface area contributed by atoms with E-state index < -0.39 is 6.10 Å². The number of aliphatic hydroxyl groups excluding tert-OH is 1. The molecule has 0 spiro atoms. The minimum absolute atomic E-state index is 0.229. The summed E-state index contributed by atoms with van der Waals surface area (Å²) in [6.45, 7) is 4.10. The molecule has 0 bridgehead atoms. The highest BCUT2D eigenvalue weighted by atomic mass is 19.1. The van der Waals surface area contributed by atoms with Gasteiger partial charge in [0, 0.05) is 12.0 Å². The molecule has 3 heteroatoms. The third kappa shape index (κ3) is 1.28. The molecule has 1 atom stereocenters. The van der Waals surface area contributed by atoms with E-state index in [9.17, 15) is 9.50 Å². The van der Waals surface area contributed by atoms with Crippen LogP contribution in [-0.4, -0.2) is 11.7 Å². The highest BCUT2D eigenvalue weighted by molar-refractivity contribution is 5.47. The molecule has 2 nitrogen and oxygen atoms in total. The normalized spacial score (nSPS) is 20.1. The molecule has 14 heavy (non-hydrogen) atoms. The van der Waals surface area contributed by atoms with Gasteiger partial charge in [0.05, 0.1) is 12.7 Å². The number of aryl methyl sites for hydroxylation is 1. The number of rotatable bonds is 0. The number of benzene rings is 1. The Morgan fingerprint density at radius 3 is 2.93 bits per heavy atom. The Hall–Kier alpha value is -1.09. The molecular weight excluding hydrogens is 183 g/mol. The summed E-state index contributed by atoms with van der Waals surface area (Å²) < 4.78 is 18.7. The second-order valence-corrected chi connectivity index (χ2v) is 3.70. The average molecular weight is 196 g/mol. The standard InChI is InChI=1S/C11H13FO2/c1-6-5-8(12)11-10(7(6)2)9(13)3-4-14-11/h5,9,13H,3-4H2,1-2H3. The SMILES string of the molecule is Cc1cc(F)c2c(c1C)C(O)CCO2. The van der Waals surface area contributed by atoms with Gasteiger partial charge in [-0.1, -0.05) is 0 Å². The zero-order valence-electron chi connectivity index (χ0n) is 8.30. The van der Waals surface area contributed by atoms with Gasteiger partial charge in [0.1, 0.15) is 0 Å². The number of aliphatic hydroxyl groups is 1. The van der Waals surface area contributed by atoms with Crippen molar-refractivity contribution in [3.8, 4) is 5.75 Å². The van der Waals surface area contributed by atoms with E-state index in [4.69, 9.17) is 4.74 Å². The lowest BCUT2D eigenvalue weighted by molar-refractivity contribution is 0.111. The van der Waals surface area contributed by atoms with Gasteiger partial charge in [-0.3, -0.25) is 0 Å². The summed E-state index contributed by atoms with van der Waals surface area (Å²) in [6.07, 6.45) is -0.0513. The molecule has 0 radical (unpaired) electrons. The first-order valence-electron chi connectivity index (χ1n) is 4.71. The Balaban J connectivity index is 2.67. The van der Waals surface area contributed by atoms with Crippen molar-refractivity contribution in [2.24, 2.45) is 0 Å². The van der Waals surface area contributed by atoms with Gasteiger partial charge < -0.3 is 9.84 Å². The van der Waals surface area contributed by atoms with Gasteiger partial charge in [-0.2, -0.15) is 0 Å². The molecule has 0 saturated carbocycles. The molecule has 2 rings (SSSR count). The van der Waals surface area contributed by atoms with E-state index in [0.29, 0.717) is 18.6 Å². The summed E-state index contributed by atoms with van der Waals surface area (Å²) in [4.78, 5) is 0. The molecule has 0 fully saturated rings. The Kier molecular flexibility index (Phi) is 2.19. The fraction of sp³-hybridized carbons (Fsp3) is 0.455. The zero-order chi connectivity index (χ0) is 10.3. The van der Waals surface area contributed by atoms with Crippen LogP contribution < -0.4 is 4.74 Å². The Morgan fingerprint density at radius 2 is 2.21 bits per heavy atom. The topological polar surface area (TPSA) is 29.5 Å². The predicted molar refractivity (Wildman–Crippen MR) is 50.9 cm³/mol. The maximum atomic E-state index is 13.4. The van der Waals surface area contributed by atoms with E-state index in [0.717, 1.165) is 11.1 Å². The molecule has 1 aliphatic rings. The Labute approximate surface area is 82.3 Å². The second-order valence-electron chi connectivity index (χ2n) is 3.70. The van der Waals surface area contributed by atoms with Crippen molar-refractivity contribution in [3.05, 3.63) is 28.6 Å². The highest BCUT2D eigenvalue weighted by Crippen LogP contribution is 2.37. The van der Waals surface area contributed by atoms with E-state index in [1.165, 1.54) is 6.07 Å². The highest BCUT2D eigenvalue weighted by Gasteiger charge is 2.25. The molecule has 1 N–H and O–H groups in total. The number of hydrogen-bond donors (Lipinski definition) is 1. The van der Waals surface area contributed by atoms with E-state index in [-0.39, 0.29) is 11.6 Å². The predicted octanol–water partition coefficient (Wildman–Crippen LogP) is 2.26. The smallest absolute Gasteiger partial charge is 0.165 e. The van der Waals surface area contributed by atoms with Crippen LogP contribution in [0.25, 0.3) is 0 Å². The van der Waals surface area contributed by atoms with E-state index in [1.54, 1.807) is 0 Å². The first-order valence-corrected chi connectivity index (χ1v) is 4.71. The summed E-state index contributed by atoms with van der Waals surface area (Å²) >= 11 is 0. The molecule has 76 valence electrons. The minimum atomic E-state index is -0.590. The fourth-order valence-electron chi connectivity index (χ4n) is 1.84. The lowest BCUT2D eigenvalue weighted by Gasteiger charge is -2.25. The average Bonchev–Trinajstić information content (AvgIpc) is 2.14. The van der Waals surface area contributed by atoms with Crippen LogP contribution in [0, 0.1) is 19.7 Å². The quantitative estimate of drug-likeness (QED) is 0.689. The number of ether oxygens (including phenoxy) is 1. The first kappa shape index (κ1) is 9.46. The molecule has 0 aromatic heterocycles. The Morgan fingerprint density at radius 1 is 1.50 bits per heavy atom. The number of hydrogen-bond acceptors (Lipinski definition) is 2. The van der Waals surface area contributed by atoms with Gasteiger partial charge in [0.15, 0.2) is 11.6 Å². The van der Waals surface area contributed by atoms with E-state index in [2.05, 4.69) is 0 Å². The van der Waals surface area contributed by atoms with Crippen molar-refractivity contribution in [3.63, 3.8) is 0 Å². The molecule has 1 aromatic carbocycles. The van der Waals surface area contributed by atoms with Gasteiger partial charge in [0.25, 0.3) is 0 Å². The lowest BCUT2D eigenvalue weighted by Crippen LogP contribution is -2.17. The summed E-state index contributed by atoms with van der Waals surface area (Å²) in [7, 11) is 0. The molecule has 0 aliphatic carbocycles. The van der Waals surface area contributed by atoms with Crippen molar-refractivity contribution in [1.29, 1.82) is 0 Å². The molecule has 0 saturated heterocycles. The van der Waals surface area contributed by atoms with Crippen LogP contribution in [0.5, 0.6) is 5.75 Å². The molecule has 1 heterocycles. The third-order valence-corrected chi connectivity index (χ3v) is 2.77. The molecule has 1 aromatic rings. The second kappa shape index (κ2) is 3.24. The maximum absolute atomic E-state index is 13.4. The van der Waals surface area contributed by atoms with E-state index >= 15 is 0 Å². The van der Waals surface area contributed by atoms with Gasteiger partial charge in [-0.15, -0.1) is 0 Å². The van der Waals surface area contributed by atoms with E-state index in [1.807, 2.05) is 13.8 Å². The van der Waals surface area contributed by atoms with Crippen molar-refractivity contribution in [2.75, 3.05) is 6.61 Å². The Bertz CT molecular complexity index is 374. The van der Waals surface area contributed by atoms with Crippen LogP contribution in [0.3, 0.4) is 0 Å². The van der Waals surface area contributed by atoms with Crippen LogP contribution in [0.1, 0.15) is 29.2 Å². The minimum Gasteiger partial charge on any atom is -0.490 e. The molecular formula is C11H13FO2. The van der Waals surface area contributed by atoms with Gasteiger partial charge >= 0.3 is 0 Å². The molecule has 1 unspecified atom stereocenters. The summed E-state index contributed by atoms with van der Waals surface area (Å²) in [5, 5.41) is 9.74. The number of fused-ring (bicyclic) bond motifs is 1. The van der Waals surface area contributed by atoms with Gasteiger partial charge in [-0.05, 0) is 31.0 Å². The van der Waals surface area contributed by atoms with Gasteiger partial charge in [-0.25, -0.2) is 4.39 Å². The van der Waals surface area contributed by atoms with Crippen LogP contribution in [-0.2, 0) is 0 Å². The van der Waals surface area contributed by atoms with Crippen LogP contribution >= 0.6 is 0 Å². The number of halogens is 1. The fourth-order valence-corrected chi connectivity index (χ4v) is 1.84. The molecule has 1 aliphatic heterocycles. The summed E-state index contributed by atoms with van der Waals surface area (Å²) in [6, 6.07) is 1.45. The van der Waals surface area contributed by atoms with Crippen molar-refractivity contribution >= 4 is 0 Å². The van der Waals surface area contributed by atoms with Crippen molar-refractivity contribution in [2.45, 2.75) is 26.4 Å². The lowest BCUT2D eigenvalue weighted by atomic mass is 9.94. The van der Waals surface area contributed by atoms with Crippen LogP contribution in [0.2, 0.25) is 0 Å². The summed E-state index contributed by atoms with van der Waals surface area (Å²) in [5.74, 6) is -0.145. The monoisotopic (exact) mass is 196 g/mol. The largest absolute Gasteiger partial charge is 0.490 e. The third-order valence-electron chi connectivity index (χ3n) is 2.77. The van der Waals surface area contributed by atoms with Crippen molar-refractivity contribution < 1.29 is 14.2 Å². The van der Waals surface area contributed by atoms with Gasteiger partial charge in [0.2, 0.25) is 0 Å². The van der Waals surface area contributed by atoms with Crippen LogP contribution in [0.15, 0.2) is 6.07 Å².